The Labute approximate surface area is 60.8 Å². The summed E-state index contributed by atoms with van der Waals surface area (Å²) in [6.07, 6.45) is 1.42. The summed E-state index contributed by atoms with van der Waals surface area (Å²) >= 11 is 0. The minimum absolute atomic E-state index is 0.481. The highest BCUT2D eigenvalue weighted by Gasteiger charge is 2.03. The van der Waals surface area contributed by atoms with Crippen LogP contribution in [0.25, 0.3) is 5.95 Å². The molecule has 0 aromatic carbocycles. The Morgan fingerprint density at radius 1 is 1.27 bits per heavy atom. The Hall–Kier alpha value is -1.86. The van der Waals surface area contributed by atoms with E-state index in [0.717, 1.165) is 0 Å². The van der Waals surface area contributed by atoms with Crippen LogP contribution in [0.1, 0.15) is 0 Å². The number of aromatic nitrogens is 8. The van der Waals surface area contributed by atoms with Crippen LogP contribution in [0.4, 0.5) is 0 Å². The van der Waals surface area contributed by atoms with Crippen molar-refractivity contribution in [3.8, 4) is 5.95 Å². The van der Waals surface area contributed by atoms with Crippen LogP contribution in [0.15, 0.2) is 6.33 Å². The first-order chi connectivity index (χ1) is 5.38. The molecule has 2 aromatic rings. The molecule has 0 aliphatic rings. The van der Waals surface area contributed by atoms with Gasteiger partial charge >= 0.3 is 0 Å². The van der Waals surface area contributed by atoms with Gasteiger partial charge in [0.2, 0.25) is 0 Å². The second kappa shape index (κ2) is 2.08. The lowest BCUT2D eigenvalue weighted by molar-refractivity contribution is 0.658. The number of hydrogen-bond acceptors (Lipinski definition) is 6. The molecule has 0 aliphatic heterocycles. The van der Waals surface area contributed by atoms with Crippen molar-refractivity contribution in [1.82, 2.24) is 40.4 Å². The van der Waals surface area contributed by atoms with Crippen LogP contribution in [0, 0.1) is 0 Å². The third-order valence-corrected chi connectivity index (χ3v) is 1.15. The second-order valence-electron chi connectivity index (χ2n) is 1.86. The van der Waals surface area contributed by atoms with Crippen molar-refractivity contribution < 1.29 is 0 Å². The molecule has 0 radical (unpaired) electrons. The van der Waals surface area contributed by atoms with Gasteiger partial charge in [0.25, 0.3) is 5.95 Å². The lowest BCUT2D eigenvalue weighted by Crippen LogP contribution is -2.04. The summed E-state index contributed by atoms with van der Waals surface area (Å²) in [4.78, 5) is 0. The summed E-state index contributed by atoms with van der Waals surface area (Å²) in [6, 6.07) is 0. The molecule has 2 heterocycles. The average Bonchev–Trinajstić information content (AvgIpc) is 2.55. The van der Waals surface area contributed by atoms with E-state index in [0.29, 0.717) is 5.95 Å². The molecule has 2 aromatic heterocycles. The average molecular weight is 152 g/mol. The molecule has 0 aliphatic carbocycles. The van der Waals surface area contributed by atoms with Crippen LogP contribution in [0.5, 0.6) is 0 Å². The van der Waals surface area contributed by atoms with Gasteiger partial charge in [0.05, 0.1) is 0 Å². The van der Waals surface area contributed by atoms with E-state index in [1.54, 1.807) is 7.05 Å². The first-order valence-electron chi connectivity index (χ1n) is 2.83. The van der Waals surface area contributed by atoms with Gasteiger partial charge in [-0.1, -0.05) is 5.10 Å². The molecular weight excluding hydrogens is 148 g/mol. The second-order valence-corrected chi connectivity index (χ2v) is 1.86. The highest BCUT2D eigenvalue weighted by molar-refractivity contribution is 5.00. The molecule has 0 bridgehead atoms. The van der Waals surface area contributed by atoms with Crippen molar-refractivity contribution in [1.29, 1.82) is 0 Å². The predicted molar refractivity (Wildman–Crippen MR) is 31.5 cm³/mol. The van der Waals surface area contributed by atoms with Gasteiger partial charge in [0.15, 0.2) is 0 Å². The molecule has 11 heavy (non-hydrogen) atoms. The zero-order chi connectivity index (χ0) is 7.68. The Bertz CT molecular complexity index is 332. The summed E-state index contributed by atoms with van der Waals surface area (Å²) in [7, 11) is 1.71. The normalized spacial score (nSPS) is 10.3. The molecule has 0 amide bonds. The Balaban J connectivity index is 2.53. The van der Waals surface area contributed by atoms with Crippen LogP contribution < -0.4 is 0 Å². The molecule has 0 spiro atoms. The first kappa shape index (κ1) is 5.89. The highest BCUT2D eigenvalue weighted by Crippen LogP contribution is 1.92. The number of nitrogens with zero attached hydrogens (tertiary/aromatic N) is 8. The molecule has 8 nitrogen and oxygen atoms in total. The van der Waals surface area contributed by atoms with Gasteiger partial charge < -0.3 is 0 Å². The smallest absolute Gasteiger partial charge is 0.213 e. The molecule has 0 saturated carbocycles. The fourth-order valence-electron chi connectivity index (χ4n) is 0.672. The summed E-state index contributed by atoms with van der Waals surface area (Å²) < 4.78 is 2.84. The maximum atomic E-state index is 3.68. The van der Waals surface area contributed by atoms with E-state index >= 15 is 0 Å². The third-order valence-electron chi connectivity index (χ3n) is 1.15. The quantitative estimate of drug-likeness (QED) is 0.478. The molecule has 0 N–H and O–H groups in total. The van der Waals surface area contributed by atoms with Crippen molar-refractivity contribution >= 4 is 0 Å². The summed E-state index contributed by atoms with van der Waals surface area (Å²) in [5.41, 5.74) is 0. The minimum atomic E-state index is 0.481. The molecule has 8 heteroatoms. The third kappa shape index (κ3) is 0.838. The van der Waals surface area contributed by atoms with E-state index in [-0.39, 0.29) is 0 Å². The fraction of sp³-hybridized carbons (Fsp3) is 0.333. The maximum absolute atomic E-state index is 3.68. The van der Waals surface area contributed by atoms with Crippen molar-refractivity contribution in [2.45, 2.75) is 0 Å². The van der Waals surface area contributed by atoms with E-state index in [2.05, 4.69) is 31.1 Å². The number of tetrazole rings is 2. The largest absolute Gasteiger partial charge is 0.272 e. The van der Waals surface area contributed by atoms with Crippen molar-refractivity contribution in [3.63, 3.8) is 0 Å². The van der Waals surface area contributed by atoms with E-state index < -0.39 is 0 Å². The molecule has 56 valence electrons. The lowest BCUT2D eigenvalue weighted by atomic mass is 10.9. The Kier molecular flexibility index (Phi) is 1.11. The van der Waals surface area contributed by atoms with Gasteiger partial charge in [-0.05, 0) is 20.9 Å². The molecule has 0 fully saturated rings. The molecule has 0 unspecified atom stereocenters. The Morgan fingerprint density at radius 2 is 2.18 bits per heavy atom. The number of aryl methyl sites for hydroxylation is 1. The van der Waals surface area contributed by atoms with Crippen LogP contribution in [-0.2, 0) is 7.05 Å². The lowest BCUT2D eigenvalue weighted by Gasteiger charge is -1.92. The summed E-state index contributed by atoms with van der Waals surface area (Å²) in [6.45, 7) is 0. The van der Waals surface area contributed by atoms with Gasteiger partial charge in [-0.3, -0.25) is 0 Å². The topological polar surface area (TPSA) is 87.2 Å². The molecule has 0 atom stereocenters. The van der Waals surface area contributed by atoms with Gasteiger partial charge in [-0.15, -0.1) is 5.10 Å². The minimum Gasteiger partial charge on any atom is -0.213 e. The van der Waals surface area contributed by atoms with E-state index in [4.69, 9.17) is 0 Å². The van der Waals surface area contributed by atoms with Gasteiger partial charge in [-0.25, -0.2) is 4.68 Å². The van der Waals surface area contributed by atoms with E-state index in [1.807, 2.05) is 0 Å². The summed E-state index contributed by atoms with van der Waals surface area (Å²) in [5, 5.41) is 21.2. The van der Waals surface area contributed by atoms with E-state index in [9.17, 15) is 0 Å². The first-order valence-corrected chi connectivity index (χ1v) is 2.83. The molecular formula is C3H4N8. The molecule has 0 saturated heterocycles. The van der Waals surface area contributed by atoms with Gasteiger partial charge in [-0.2, -0.15) is 4.68 Å². The number of hydrogen-bond donors (Lipinski definition) is 0. The number of rotatable bonds is 1. The van der Waals surface area contributed by atoms with Crippen molar-refractivity contribution in [2.75, 3.05) is 0 Å². The Morgan fingerprint density at radius 3 is 2.73 bits per heavy atom. The van der Waals surface area contributed by atoms with Gasteiger partial charge in [0.1, 0.15) is 6.33 Å². The molecule has 2 rings (SSSR count). The monoisotopic (exact) mass is 152 g/mol. The van der Waals surface area contributed by atoms with Crippen LogP contribution in [0.2, 0.25) is 0 Å². The van der Waals surface area contributed by atoms with E-state index in [1.165, 1.54) is 15.7 Å². The fourth-order valence-corrected chi connectivity index (χ4v) is 0.672. The van der Waals surface area contributed by atoms with Crippen LogP contribution in [0.3, 0.4) is 0 Å². The zero-order valence-corrected chi connectivity index (χ0v) is 5.66. The maximum Gasteiger partial charge on any atom is 0.272 e. The van der Waals surface area contributed by atoms with Crippen LogP contribution >= 0.6 is 0 Å². The van der Waals surface area contributed by atoms with Gasteiger partial charge in [0, 0.05) is 7.05 Å². The van der Waals surface area contributed by atoms with Crippen molar-refractivity contribution in [2.24, 2.45) is 7.05 Å². The highest BCUT2D eigenvalue weighted by atomic mass is 15.6. The summed E-state index contributed by atoms with van der Waals surface area (Å²) in [5.74, 6) is 0.481. The zero-order valence-electron chi connectivity index (χ0n) is 5.66. The predicted octanol–water partition coefficient (Wildman–Crippen LogP) is -1.81. The SMILES string of the molecule is Cn1nnnc1-n1cnnn1. The van der Waals surface area contributed by atoms with Crippen molar-refractivity contribution in [3.05, 3.63) is 6.33 Å². The standard InChI is InChI=1S/C3H4N8/c1-10-3(5-7-8-10)11-2-4-6-9-11/h2H,1H3. The van der Waals surface area contributed by atoms with Crippen LogP contribution in [-0.4, -0.2) is 40.4 Å².